The van der Waals surface area contributed by atoms with E-state index in [-0.39, 0.29) is 17.1 Å². The lowest BCUT2D eigenvalue weighted by Crippen LogP contribution is -2.35. The van der Waals surface area contributed by atoms with Crippen molar-refractivity contribution >= 4 is 5.97 Å². The number of aromatic nitrogens is 2. The van der Waals surface area contributed by atoms with Gasteiger partial charge >= 0.3 is 5.97 Å². The van der Waals surface area contributed by atoms with Crippen molar-refractivity contribution in [1.82, 2.24) is 15.3 Å². The summed E-state index contributed by atoms with van der Waals surface area (Å²) in [5.74, 6) is -2.54. The molecule has 0 amide bonds. The van der Waals surface area contributed by atoms with Crippen molar-refractivity contribution in [2.45, 2.75) is 12.5 Å². The first-order chi connectivity index (χ1) is 9.58. The van der Waals surface area contributed by atoms with Crippen LogP contribution in [0.1, 0.15) is 17.4 Å². The van der Waals surface area contributed by atoms with Gasteiger partial charge in [0.25, 0.3) is 0 Å². The second kappa shape index (κ2) is 4.68. The van der Waals surface area contributed by atoms with Crippen LogP contribution in [0.3, 0.4) is 0 Å². The minimum atomic E-state index is -1.07. The third kappa shape index (κ3) is 1.96. The first-order valence-corrected chi connectivity index (χ1v) is 6.07. The largest absolute Gasteiger partial charge is 0.480 e. The molecule has 0 spiro atoms. The normalized spacial score (nSPS) is 17.8. The van der Waals surface area contributed by atoms with Gasteiger partial charge in [0.1, 0.15) is 17.5 Å². The minimum absolute atomic E-state index is 0.0144. The summed E-state index contributed by atoms with van der Waals surface area (Å²) < 4.78 is 27.4. The Morgan fingerprint density at radius 3 is 2.70 bits per heavy atom. The Hall–Kier alpha value is -2.28. The van der Waals surface area contributed by atoms with Gasteiger partial charge in [0.05, 0.1) is 11.3 Å². The summed E-state index contributed by atoms with van der Waals surface area (Å²) in [5.41, 5.74) is 0.598. The smallest absolute Gasteiger partial charge is 0.327 e. The fraction of sp³-hybridized carbons (Fsp3) is 0.231. The maximum atomic E-state index is 13.7. The van der Waals surface area contributed by atoms with E-state index in [4.69, 9.17) is 5.11 Å². The van der Waals surface area contributed by atoms with Crippen molar-refractivity contribution in [2.75, 3.05) is 6.54 Å². The molecule has 0 saturated heterocycles. The predicted molar refractivity (Wildman–Crippen MR) is 66.0 cm³/mol. The number of nitrogens with one attached hydrogen (secondary N) is 2. The molecule has 1 aromatic carbocycles. The Morgan fingerprint density at radius 1 is 1.35 bits per heavy atom. The standard InChI is InChI=1S/C13H11F2N3O2/c14-6-2-1-3-7(15)9(6)12-17-8-4-5-16-11(13(19)20)10(8)18-12/h1-3,11,16H,4-5H2,(H,17,18)(H,19,20)/t11-/m0/s1. The number of hydrogen-bond donors (Lipinski definition) is 3. The lowest BCUT2D eigenvalue weighted by atomic mass is 10.1. The van der Waals surface area contributed by atoms with Crippen LogP contribution in [-0.4, -0.2) is 27.6 Å². The van der Waals surface area contributed by atoms with E-state index in [2.05, 4.69) is 15.3 Å². The van der Waals surface area contributed by atoms with Gasteiger partial charge in [0.15, 0.2) is 6.04 Å². The number of carboxylic acid groups (broad SMARTS) is 1. The molecule has 0 aliphatic carbocycles. The molecule has 7 heteroatoms. The number of imidazole rings is 1. The highest BCUT2D eigenvalue weighted by molar-refractivity contribution is 5.76. The third-order valence-corrected chi connectivity index (χ3v) is 3.25. The zero-order valence-electron chi connectivity index (χ0n) is 10.3. The number of fused-ring (bicyclic) bond motifs is 1. The minimum Gasteiger partial charge on any atom is -0.480 e. The van der Waals surface area contributed by atoms with Gasteiger partial charge in [-0.2, -0.15) is 0 Å². The molecular weight excluding hydrogens is 268 g/mol. The highest BCUT2D eigenvalue weighted by atomic mass is 19.1. The molecule has 3 N–H and O–H groups in total. The van der Waals surface area contributed by atoms with E-state index in [0.717, 1.165) is 12.1 Å². The van der Waals surface area contributed by atoms with E-state index in [9.17, 15) is 13.6 Å². The SMILES string of the molecule is O=C(O)[C@H]1NCCc2[nH]c(-c3c(F)cccc3F)nc21. The Labute approximate surface area is 112 Å². The molecule has 0 bridgehead atoms. The van der Waals surface area contributed by atoms with E-state index >= 15 is 0 Å². The number of aromatic amines is 1. The summed E-state index contributed by atoms with van der Waals surface area (Å²) in [6.07, 6.45) is 0.530. The number of nitrogens with zero attached hydrogens (tertiary/aromatic N) is 1. The molecule has 0 fully saturated rings. The van der Waals surface area contributed by atoms with Crippen LogP contribution >= 0.6 is 0 Å². The lowest BCUT2D eigenvalue weighted by molar-refractivity contribution is -0.139. The van der Waals surface area contributed by atoms with Gasteiger partial charge in [0.2, 0.25) is 0 Å². The maximum Gasteiger partial charge on any atom is 0.327 e. The molecule has 5 nitrogen and oxygen atoms in total. The van der Waals surface area contributed by atoms with Crippen LogP contribution in [0.5, 0.6) is 0 Å². The van der Waals surface area contributed by atoms with Gasteiger partial charge in [-0.25, -0.2) is 13.8 Å². The number of halogens is 2. The number of carbonyl (C=O) groups is 1. The van der Waals surface area contributed by atoms with E-state index in [1.807, 2.05) is 0 Å². The highest BCUT2D eigenvalue weighted by Gasteiger charge is 2.30. The summed E-state index contributed by atoms with van der Waals surface area (Å²) in [4.78, 5) is 18.0. The van der Waals surface area contributed by atoms with Crippen LogP contribution in [0.25, 0.3) is 11.4 Å². The topological polar surface area (TPSA) is 78.0 Å². The molecule has 2 aromatic rings. The van der Waals surface area contributed by atoms with Crippen LogP contribution in [0.15, 0.2) is 18.2 Å². The van der Waals surface area contributed by atoms with Crippen LogP contribution < -0.4 is 5.32 Å². The molecule has 0 saturated carbocycles. The van der Waals surface area contributed by atoms with E-state index in [1.54, 1.807) is 0 Å². The van der Waals surface area contributed by atoms with Gasteiger partial charge in [-0.3, -0.25) is 10.1 Å². The molecule has 0 radical (unpaired) electrons. The van der Waals surface area contributed by atoms with Crippen molar-refractivity contribution in [3.05, 3.63) is 41.2 Å². The van der Waals surface area contributed by atoms with E-state index in [1.165, 1.54) is 6.07 Å². The molecule has 3 rings (SSSR count). The number of aliphatic carboxylic acids is 1. The first kappa shape index (κ1) is 12.7. The Balaban J connectivity index is 2.12. The summed E-state index contributed by atoms with van der Waals surface area (Å²) in [6.45, 7) is 0.464. The molecule has 1 aromatic heterocycles. The molecular formula is C13H11F2N3O2. The predicted octanol–water partition coefficient (Wildman–Crippen LogP) is 1.63. The number of rotatable bonds is 2. The monoisotopic (exact) mass is 279 g/mol. The van der Waals surface area contributed by atoms with Gasteiger partial charge in [0, 0.05) is 18.7 Å². The summed E-state index contributed by atoms with van der Waals surface area (Å²) in [7, 11) is 0. The van der Waals surface area contributed by atoms with Crippen LogP contribution in [0, 0.1) is 11.6 Å². The van der Waals surface area contributed by atoms with Crippen LogP contribution in [0.2, 0.25) is 0 Å². The molecule has 1 aliphatic heterocycles. The number of hydrogen-bond acceptors (Lipinski definition) is 3. The van der Waals surface area contributed by atoms with Crippen molar-refractivity contribution < 1.29 is 18.7 Å². The molecule has 1 atom stereocenters. The third-order valence-electron chi connectivity index (χ3n) is 3.25. The van der Waals surface area contributed by atoms with Crippen molar-refractivity contribution in [3.8, 4) is 11.4 Å². The van der Waals surface area contributed by atoms with Crippen molar-refractivity contribution in [2.24, 2.45) is 0 Å². The van der Waals surface area contributed by atoms with Crippen molar-refractivity contribution in [3.63, 3.8) is 0 Å². The first-order valence-electron chi connectivity index (χ1n) is 6.07. The van der Waals surface area contributed by atoms with Gasteiger partial charge in [-0.05, 0) is 12.1 Å². The van der Waals surface area contributed by atoms with Crippen LogP contribution in [-0.2, 0) is 11.2 Å². The average Bonchev–Trinajstić information content (AvgIpc) is 2.81. The summed E-state index contributed by atoms with van der Waals surface area (Å²) in [6, 6.07) is 2.57. The number of carboxylic acids is 1. The lowest BCUT2D eigenvalue weighted by Gasteiger charge is -2.18. The van der Waals surface area contributed by atoms with Crippen molar-refractivity contribution in [1.29, 1.82) is 0 Å². The van der Waals surface area contributed by atoms with E-state index in [0.29, 0.717) is 18.7 Å². The summed E-state index contributed by atoms with van der Waals surface area (Å²) in [5, 5.41) is 11.9. The second-order valence-electron chi connectivity index (χ2n) is 4.52. The molecule has 20 heavy (non-hydrogen) atoms. The molecule has 0 unspecified atom stereocenters. The van der Waals surface area contributed by atoms with Crippen LogP contribution in [0.4, 0.5) is 8.78 Å². The van der Waals surface area contributed by atoms with Gasteiger partial charge < -0.3 is 10.1 Å². The Bertz CT molecular complexity index is 664. The quantitative estimate of drug-likeness (QED) is 0.780. The zero-order chi connectivity index (χ0) is 14.3. The zero-order valence-corrected chi connectivity index (χ0v) is 10.3. The summed E-state index contributed by atoms with van der Waals surface area (Å²) >= 11 is 0. The fourth-order valence-electron chi connectivity index (χ4n) is 2.34. The number of benzene rings is 1. The molecule has 104 valence electrons. The maximum absolute atomic E-state index is 13.7. The fourth-order valence-corrected chi connectivity index (χ4v) is 2.34. The Morgan fingerprint density at radius 2 is 2.05 bits per heavy atom. The van der Waals surface area contributed by atoms with Gasteiger partial charge in [-0.15, -0.1) is 0 Å². The second-order valence-corrected chi connectivity index (χ2v) is 4.52. The van der Waals surface area contributed by atoms with E-state index < -0.39 is 23.6 Å². The molecule has 2 heterocycles. The Kier molecular flexibility index (Phi) is 2.98. The highest BCUT2D eigenvalue weighted by Crippen LogP contribution is 2.28. The number of H-pyrrole nitrogens is 1. The average molecular weight is 279 g/mol. The molecule has 1 aliphatic rings. The van der Waals surface area contributed by atoms with Gasteiger partial charge in [-0.1, -0.05) is 6.07 Å².